The van der Waals surface area contributed by atoms with Gasteiger partial charge in [-0.05, 0) is 54.3 Å². The Hall–Kier alpha value is -0.580. The van der Waals surface area contributed by atoms with E-state index < -0.39 is 0 Å². The topological polar surface area (TPSA) is 38.0 Å². The fourth-order valence-electron chi connectivity index (χ4n) is 2.20. The molecule has 0 fully saturated rings. The maximum Gasteiger partial charge on any atom is 0.0503 e. The third kappa shape index (κ3) is 3.74. The Morgan fingerprint density at radius 3 is 2.55 bits per heavy atom. The van der Waals surface area contributed by atoms with Crippen LogP contribution in [0, 0.1) is 6.92 Å². The zero-order chi connectivity index (χ0) is 14.7. The minimum atomic E-state index is -0.00839. The van der Waals surface area contributed by atoms with Crippen LogP contribution in [-0.2, 0) is 6.42 Å². The molecular weight excluding hydrogens is 359 g/mol. The number of hydrogen-bond donors (Lipinski definition) is 2. The van der Waals surface area contributed by atoms with Gasteiger partial charge in [0.2, 0.25) is 0 Å². The molecule has 0 heterocycles. The van der Waals surface area contributed by atoms with Crippen molar-refractivity contribution in [1.29, 1.82) is 0 Å². The molecule has 0 saturated heterocycles. The van der Waals surface area contributed by atoms with Crippen LogP contribution in [0.3, 0.4) is 0 Å². The Balaban J connectivity index is 2.28. The molecule has 1 atom stereocenters. The second kappa shape index (κ2) is 6.92. The number of halogens is 3. The van der Waals surface area contributed by atoms with Gasteiger partial charge in [-0.1, -0.05) is 51.3 Å². The van der Waals surface area contributed by atoms with Gasteiger partial charge >= 0.3 is 0 Å². The lowest BCUT2D eigenvalue weighted by atomic mass is 9.96. The van der Waals surface area contributed by atoms with Crippen molar-refractivity contribution in [3.8, 4) is 0 Å². The molecule has 0 amide bonds. The van der Waals surface area contributed by atoms with E-state index in [0.717, 1.165) is 31.2 Å². The predicted molar refractivity (Wildman–Crippen MR) is 89.1 cm³/mol. The van der Waals surface area contributed by atoms with Crippen molar-refractivity contribution < 1.29 is 0 Å². The molecule has 2 nitrogen and oxygen atoms in total. The Kier molecular flexibility index (Phi) is 5.47. The van der Waals surface area contributed by atoms with E-state index in [1.165, 1.54) is 0 Å². The SMILES string of the molecule is Cc1cc(Cl)ccc1C(Cc1ccc(Br)cc1Cl)NN. The zero-order valence-corrected chi connectivity index (χ0v) is 14.1. The molecule has 1 unspecified atom stereocenters. The number of nitrogens with one attached hydrogen (secondary N) is 1. The Morgan fingerprint density at radius 1 is 1.20 bits per heavy atom. The van der Waals surface area contributed by atoms with Crippen LogP contribution in [0.4, 0.5) is 0 Å². The molecule has 0 saturated carbocycles. The van der Waals surface area contributed by atoms with Crippen LogP contribution in [0.1, 0.15) is 22.7 Å². The monoisotopic (exact) mass is 372 g/mol. The zero-order valence-electron chi connectivity index (χ0n) is 11.0. The average molecular weight is 374 g/mol. The van der Waals surface area contributed by atoms with Gasteiger partial charge in [0.25, 0.3) is 0 Å². The highest BCUT2D eigenvalue weighted by atomic mass is 79.9. The summed E-state index contributed by atoms with van der Waals surface area (Å²) >= 11 is 15.7. The molecule has 2 aromatic carbocycles. The third-order valence-electron chi connectivity index (χ3n) is 3.25. The van der Waals surface area contributed by atoms with Crippen LogP contribution < -0.4 is 11.3 Å². The Bertz CT molecular complexity index is 617. The summed E-state index contributed by atoms with van der Waals surface area (Å²) in [7, 11) is 0. The van der Waals surface area contributed by atoms with Crippen molar-refractivity contribution in [3.63, 3.8) is 0 Å². The van der Waals surface area contributed by atoms with E-state index in [4.69, 9.17) is 29.0 Å². The maximum atomic E-state index is 6.26. The van der Waals surface area contributed by atoms with Gasteiger partial charge in [0.05, 0.1) is 6.04 Å². The molecule has 0 bridgehead atoms. The Labute approximate surface area is 137 Å². The molecule has 0 aromatic heterocycles. The number of hydrazine groups is 1. The predicted octanol–water partition coefficient (Wildman–Crippen LogP) is 4.81. The summed E-state index contributed by atoms with van der Waals surface area (Å²) in [5.74, 6) is 5.70. The van der Waals surface area contributed by atoms with Gasteiger partial charge in [0.1, 0.15) is 0 Å². The van der Waals surface area contributed by atoms with E-state index in [1.807, 2.05) is 43.3 Å². The molecule has 0 aliphatic carbocycles. The van der Waals surface area contributed by atoms with Crippen molar-refractivity contribution >= 4 is 39.1 Å². The summed E-state index contributed by atoms with van der Waals surface area (Å²) in [6.07, 6.45) is 0.713. The smallest absolute Gasteiger partial charge is 0.0503 e. The van der Waals surface area contributed by atoms with E-state index >= 15 is 0 Å². The lowest BCUT2D eigenvalue weighted by Crippen LogP contribution is -2.30. The number of aryl methyl sites for hydroxylation is 1. The first-order chi connectivity index (χ1) is 9.51. The summed E-state index contributed by atoms with van der Waals surface area (Å²) in [6, 6.07) is 11.7. The van der Waals surface area contributed by atoms with Crippen LogP contribution in [0.25, 0.3) is 0 Å². The molecule has 5 heteroatoms. The summed E-state index contributed by atoms with van der Waals surface area (Å²) < 4.78 is 0.964. The summed E-state index contributed by atoms with van der Waals surface area (Å²) in [5, 5.41) is 1.45. The van der Waals surface area contributed by atoms with Crippen LogP contribution in [-0.4, -0.2) is 0 Å². The molecule has 3 N–H and O–H groups in total. The van der Waals surface area contributed by atoms with E-state index in [1.54, 1.807) is 0 Å². The van der Waals surface area contributed by atoms with Crippen molar-refractivity contribution in [2.24, 2.45) is 5.84 Å². The molecule has 2 aromatic rings. The highest BCUT2D eigenvalue weighted by molar-refractivity contribution is 9.10. The van der Waals surface area contributed by atoms with Crippen LogP contribution in [0.2, 0.25) is 10.0 Å². The molecule has 106 valence electrons. The molecule has 20 heavy (non-hydrogen) atoms. The molecule has 0 aliphatic rings. The third-order valence-corrected chi connectivity index (χ3v) is 4.33. The van der Waals surface area contributed by atoms with Gasteiger partial charge in [-0.2, -0.15) is 0 Å². The molecular formula is C15H15BrCl2N2. The van der Waals surface area contributed by atoms with Crippen molar-refractivity contribution in [2.75, 3.05) is 0 Å². The largest absolute Gasteiger partial charge is 0.271 e. The lowest BCUT2D eigenvalue weighted by molar-refractivity contribution is 0.549. The molecule has 0 radical (unpaired) electrons. The standard InChI is InChI=1S/C15H15BrCl2N2/c1-9-6-12(17)4-5-13(9)15(20-19)7-10-2-3-11(16)8-14(10)18/h2-6,8,15,20H,7,19H2,1H3. The van der Waals surface area contributed by atoms with Crippen molar-refractivity contribution in [2.45, 2.75) is 19.4 Å². The van der Waals surface area contributed by atoms with Gasteiger partial charge in [-0.3, -0.25) is 11.3 Å². The first-order valence-electron chi connectivity index (χ1n) is 6.17. The average Bonchev–Trinajstić information content (AvgIpc) is 2.39. The van der Waals surface area contributed by atoms with Gasteiger partial charge in [0.15, 0.2) is 0 Å². The fraction of sp³-hybridized carbons (Fsp3) is 0.200. The van der Waals surface area contributed by atoms with Crippen molar-refractivity contribution in [1.82, 2.24) is 5.43 Å². The van der Waals surface area contributed by atoms with Crippen molar-refractivity contribution in [3.05, 3.63) is 67.6 Å². The lowest BCUT2D eigenvalue weighted by Gasteiger charge is -2.19. The van der Waals surface area contributed by atoms with E-state index in [0.29, 0.717) is 6.42 Å². The molecule has 0 spiro atoms. The summed E-state index contributed by atoms with van der Waals surface area (Å²) in [6.45, 7) is 2.02. The maximum absolute atomic E-state index is 6.26. The second-order valence-electron chi connectivity index (χ2n) is 4.66. The molecule has 2 rings (SSSR count). The highest BCUT2D eigenvalue weighted by Gasteiger charge is 2.15. The second-order valence-corrected chi connectivity index (χ2v) is 6.42. The van der Waals surface area contributed by atoms with Gasteiger partial charge in [-0.25, -0.2) is 0 Å². The van der Waals surface area contributed by atoms with E-state index in [9.17, 15) is 0 Å². The number of hydrogen-bond acceptors (Lipinski definition) is 2. The molecule has 0 aliphatic heterocycles. The van der Waals surface area contributed by atoms with Crippen LogP contribution in [0.5, 0.6) is 0 Å². The number of benzene rings is 2. The first-order valence-corrected chi connectivity index (χ1v) is 7.72. The normalized spacial score (nSPS) is 12.4. The van der Waals surface area contributed by atoms with E-state index in [2.05, 4.69) is 21.4 Å². The minimum absolute atomic E-state index is 0.00839. The van der Waals surface area contributed by atoms with Crippen LogP contribution in [0.15, 0.2) is 40.9 Å². The summed E-state index contributed by atoms with van der Waals surface area (Å²) in [4.78, 5) is 0. The Morgan fingerprint density at radius 2 is 1.95 bits per heavy atom. The minimum Gasteiger partial charge on any atom is -0.271 e. The number of rotatable bonds is 4. The quantitative estimate of drug-likeness (QED) is 0.596. The fourth-order valence-corrected chi connectivity index (χ4v) is 3.17. The van der Waals surface area contributed by atoms with Crippen LogP contribution >= 0.6 is 39.1 Å². The first kappa shape index (κ1) is 15.8. The van der Waals surface area contributed by atoms with Gasteiger partial charge in [-0.15, -0.1) is 0 Å². The highest BCUT2D eigenvalue weighted by Crippen LogP contribution is 2.28. The van der Waals surface area contributed by atoms with Gasteiger partial charge in [0, 0.05) is 14.5 Å². The van der Waals surface area contributed by atoms with E-state index in [-0.39, 0.29) is 6.04 Å². The van der Waals surface area contributed by atoms with Gasteiger partial charge < -0.3 is 0 Å². The number of nitrogens with two attached hydrogens (primary N) is 1. The summed E-state index contributed by atoms with van der Waals surface area (Å²) in [5.41, 5.74) is 6.13.